The molecule has 0 bridgehead atoms. The van der Waals surface area contributed by atoms with Gasteiger partial charge in [0.05, 0.1) is 18.4 Å². The molecule has 0 aliphatic carbocycles. The molecule has 0 aliphatic rings. The van der Waals surface area contributed by atoms with Crippen LogP contribution in [0.4, 0.5) is 0 Å². The SMILES string of the molecule is CC(Cn1cccn1)NC(=O)c1cn(-c2ccccc2)nn1. The molecule has 2 heterocycles. The number of hydrogen-bond acceptors (Lipinski definition) is 4. The Balaban J connectivity index is 1.64. The van der Waals surface area contributed by atoms with Gasteiger partial charge in [0.2, 0.25) is 0 Å². The van der Waals surface area contributed by atoms with Crippen LogP contribution in [0.5, 0.6) is 0 Å². The normalized spacial score (nSPS) is 12.0. The Morgan fingerprint density at radius 1 is 1.27 bits per heavy atom. The van der Waals surface area contributed by atoms with Crippen LogP contribution in [0.1, 0.15) is 17.4 Å². The molecule has 1 atom stereocenters. The number of aromatic nitrogens is 5. The predicted octanol–water partition coefficient (Wildman–Crippen LogP) is 1.28. The van der Waals surface area contributed by atoms with Crippen LogP contribution >= 0.6 is 0 Å². The van der Waals surface area contributed by atoms with Crippen molar-refractivity contribution < 1.29 is 4.79 Å². The number of amides is 1. The summed E-state index contributed by atoms with van der Waals surface area (Å²) in [5.41, 5.74) is 1.15. The molecule has 3 aromatic rings. The van der Waals surface area contributed by atoms with E-state index < -0.39 is 0 Å². The first-order valence-corrected chi connectivity index (χ1v) is 6.98. The van der Waals surface area contributed by atoms with Gasteiger partial charge in [-0.05, 0) is 25.1 Å². The first-order valence-electron chi connectivity index (χ1n) is 6.98. The lowest BCUT2D eigenvalue weighted by Gasteiger charge is -2.12. The van der Waals surface area contributed by atoms with Crippen LogP contribution < -0.4 is 5.32 Å². The third-order valence-electron chi connectivity index (χ3n) is 3.14. The summed E-state index contributed by atoms with van der Waals surface area (Å²) < 4.78 is 3.35. The highest BCUT2D eigenvalue weighted by Gasteiger charge is 2.14. The van der Waals surface area contributed by atoms with E-state index >= 15 is 0 Å². The summed E-state index contributed by atoms with van der Waals surface area (Å²) >= 11 is 0. The number of benzene rings is 1. The van der Waals surface area contributed by atoms with E-state index in [1.807, 2.05) is 49.5 Å². The standard InChI is InChI=1S/C15H16N6O/c1-12(10-20-9-5-8-16-20)17-15(22)14-11-21(19-18-14)13-6-3-2-4-7-13/h2-9,11-12H,10H2,1H3,(H,17,22). The summed E-state index contributed by atoms with van der Waals surface area (Å²) in [6.07, 6.45) is 5.18. The van der Waals surface area contributed by atoms with E-state index in [2.05, 4.69) is 20.7 Å². The molecule has 0 spiro atoms. The maximum Gasteiger partial charge on any atom is 0.273 e. The molecule has 0 fully saturated rings. The van der Waals surface area contributed by atoms with Crippen LogP contribution in [0, 0.1) is 0 Å². The van der Waals surface area contributed by atoms with Gasteiger partial charge in [0.15, 0.2) is 5.69 Å². The summed E-state index contributed by atoms with van der Waals surface area (Å²) in [6, 6.07) is 11.3. The Hall–Kier alpha value is -2.96. The molecule has 22 heavy (non-hydrogen) atoms. The zero-order valence-corrected chi connectivity index (χ0v) is 12.1. The van der Waals surface area contributed by atoms with E-state index in [4.69, 9.17) is 0 Å². The molecule has 0 radical (unpaired) electrons. The van der Waals surface area contributed by atoms with Crippen LogP contribution in [0.3, 0.4) is 0 Å². The number of nitrogens with one attached hydrogen (secondary N) is 1. The Labute approximate surface area is 127 Å². The summed E-state index contributed by atoms with van der Waals surface area (Å²) in [7, 11) is 0. The summed E-state index contributed by atoms with van der Waals surface area (Å²) in [6.45, 7) is 2.52. The third kappa shape index (κ3) is 3.20. The van der Waals surface area contributed by atoms with Gasteiger partial charge < -0.3 is 5.32 Å². The average Bonchev–Trinajstić information content (AvgIpc) is 3.19. The van der Waals surface area contributed by atoms with E-state index in [1.54, 1.807) is 21.8 Å². The van der Waals surface area contributed by atoms with Crippen molar-refractivity contribution in [2.75, 3.05) is 0 Å². The van der Waals surface area contributed by atoms with Gasteiger partial charge in [-0.1, -0.05) is 23.4 Å². The summed E-state index contributed by atoms with van der Waals surface area (Å²) in [5, 5.41) is 14.9. The summed E-state index contributed by atoms with van der Waals surface area (Å²) in [5.74, 6) is -0.248. The zero-order valence-electron chi connectivity index (χ0n) is 12.1. The fourth-order valence-electron chi connectivity index (χ4n) is 2.11. The molecule has 7 heteroatoms. The second-order valence-electron chi connectivity index (χ2n) is 4.99. The van der Waals surface area contributed by atoms with Crippen LogP contribution in [0.15, 0.2) is 55.0 Å². The van der Waals surface area contributed by atoms with Gasteiger partial charge in [-0.3, -0.25) is 9.48 Å². The van der Waals surface area contributed by atoms with E-state index in [9.17, 15) is 4.79 Å². The molecule has 2 aromatic heterocycles. The Morgan fingerprint density at radius 2 is 2.09 bits per heavy atom. The Kier molecular flexibility index (Phi) is 3.95. The van der Waals surface area contributed by atoms with Crippen molar-refractivity contribution in [2.45, 2.75) is 19.5 Å². The van der Waals surface area contributed by atoms with Gasteiger partial charge in [0.25, 0.3) is 5.91 Å². The third-order valence-corrected chi connectivity index (χ3v) is 3.14. The molecule has 1 unspecified atom stereocenters. The van der Waals surface area contributed by atoms with Crippen LogP contribution in [0.2, 0.25) is 0 Å². The van der Waals surface area contributed by atoms with E-state index in [-0.39, 0.29) is 17.6 Å². The Bertz CT molecular complexity index is 735. The smallest absolute Gasteiger partial charge is 0.273 e. The minimum Gasteiger partial charge on any atom is -0.346 e. The van der Waals surface area contributed by atoms with Crippen molar-refractivity contribution in [2.24, 2.45) is 0 Å². The van der Waals surface area contributed by atoms with Crippen molar-refractivity contribution in [1.82, 2.24) is 30.1 Å². The molecule has 0 aliphatic heterocycles. The minimum absolute atomic E-state index is 0.0609. The second kappa shape index (κ2) is 6.21. The number of nitrogens with zero attached hydrogens (tertiary/aromatic N) is 5. The van der Waals surface area contributed by atoms with Crippen molar-refractivity contribution in [3.8, 4) is 5.69 Å². The molecule has 7 nitrogen and oxygen atoms in total. The fraction of sp³-hybridized carbons (Fsp3) is 0.200. The first kappa shape index (κ1) is 14.0. The highest BCUT2D eigenvalue weighted by atomic mass is 16.2. The van der Waals surface area contributed by atoms with Crippen LogP contribution in [-0.4, -0.2) is 36.7 Å². The summed E-state index contributed by atoms with van der Waals surface area (Å²) in [4.78, 5) is 12.2. The molecular weight excluding hydrogens is 280 g/mol. The number of hydrogen-bond donors (Lipinski definition) is 1. The van der Waals surface area contributed by atoms with E-state index in [1.165, 1.54) is 0 Å². The number of carbonyl (C=O) groups excluding carboxylic acids is 1. The zero-order chi connectivity index (χ0) is 15.4. The first-order chi connectivity index (χ1) is 10.7. The molecule has 0 saturated heterocycles. The molecular formula is C15H16N6O. The average molecular weight is 296 g/mol. The molecule has 1 aromatic carbocycles. The van der Waals surface area contributed by atoms with Gasteiger partial charge in [0.1, 0.15) is 0 Å². The second-order valence-corrected chi connectivity index (χ2v) is 4.99. The van der Waals surface area contributed by atoms with E-state index in [0.717, 1.165) is 5.69 Å². The topological polar surface area (TPSA) is 77.6 Å². The van der Waals surface area contributed by atoms with E-state index in [0.29, 0.717) is 6.54 Å². The van der Waals surface area contributed by atoms with Crippen LogP contribution in [-0.2, 0) is 6.54 Å². The number of carbonyl (C=O) groups is 1. The van der Waals surface area contributed by atoms with Crippen molar-refractivity contribution in [3.63, 3.8) is 0 Å². The highest BCUT2D eigenvalue weighted by molar-refractivity contribution is 5.92. The largest absolute Gasteiger partial charge is 0.346 e. The molecule has 0 saturated carbocycles. The lowest BCUT2D eigenvalue weighted by atomic mass is 10.3. The van der Waals surface area contributed by atoms with Gasteiger partial charge in [-0.2, -0.15) is 5.10 Å². The minimum atomic E-state index is -0.248. The molecule has 1 amide bonds. The maximum absolute atomic E-state index is 12.2. The highest BCUT2D eigenvalue weighted by Crippen LogP contribution is 2.05. The van der Waals surface area contributed by atoms with Crippen molar-refractivity contribution in [3.05, 3.63) is 60.7 Å². The lowest BCUT2D eigenvalue weighted by molar-refractivity contribution is 0.0931. The predicted molar refractivity (Wildman–Crippen MR) is 80.5 cm³/mol. The monoisotopic (exact) mass is 296 g/mol. The maximum atomic E-state index is 12.2. The number of para-hydroxylation sites is 1. The van der Waals surface area contributed by atoms with Gasteiger partial charge in [-0.25, -0.2) is 4.68 Å². The van der Waals surface area contributed by atoms with Crippen LogP contribution in [0.25, 0.3) is 5.69 Å². The number of rotatable bonds is 5. The van der Waals surface area contributed by atoms with Gasteiger partial charge in [-0.15, -0.1) is 5.10 Å². The lowest BCUT2D eigenvalue weighted by Crippen LogP contribution is -2.36. The van der Waals surface area contributed by atoms with Crippen molar-refractivity contribution in [1.29, 1.82) is 0 Å². The van der Waals surface area contributed by atoms with Crippen molar-refractivity contribution >= 4 is 5.91 Å². The van der Waals surface area contributed by atoms with Gasteiger partial charge >= 0.3 is 0 Å². The Morgan fingerprint density at radius 3 is 2.82 bits per heavy atom. The molecule has 112 valence electrons. The molecule has 3 rings (SSSR count). The van der Waals surface area contributed by atoms with Gasteiger partial charge in [0, 0.05) is 18.4 Å². The molecule has 1 N–H and O–H groups in total. The quantitative estimate of drug-likeness (QED) is 0.769. The fourth-order valence-corrected chi connectivity index (χ4v) is 2.11.